The Balaban J connectivity index is 1.76. The Kier molecular flexibility index (Phi) is 3.96. The summed E-state index contributed by atoms with van der Waals surface area (Å²) in [5.74, 6) is 0.823. The van der Waals surface area contributed by atoms with Crippen molar-refractivity contribution in [3.63, 3.8) is 0 Å². The van der Waals surface area contributed by atoms with Crippen LogP contribution in [0.4, 0.5) is 5.82 Å². The zero-order chi connectivity index (χ0) is 14.5. The van der Waals surface area contributed by atoms with Crippen molar-refractivity contribution in [1.29, 1.82) is 0 Å². The molecule has 0 fully saturated rings. The highest BCUT2D eigenvalue weighted by atomic mass is 16.1. The molecule has 1 aromatic carbocycles. The molecular weight excluding hydrogens is 262 g/mol. The van der Waals surface area contributed by atoms with E-state index in [0.717, 1.165) is 17.7 Å². The van der Waals surface area contributed by atoms with E-state index in [4.69, 9.17) is 0 Å². The zero-order valence-electron chi connectivity index (χ0n) is 11.6. The number of benzene rings is 1. The molecule has 0 saturated carbocycles. The number of hydrogen-bond donors (Lipinski definition) is 2. The van der Waals surface area contributed by atoms with Gasteiger partial charge in [-0.05, 0) is 12.0 Å². The maximum absolute atomic E-state index is 11.7. The number of rotatable bonds is 4. The van der Waals surface area contributed by atoms with Crippen molar-refractivity contribution in [2.45, 2.75) is 18.9 Å². The first-order chi connectivity index (χ1) is 10.3. The molecule has 4 heteroatoms. The van der Waals surface area contributed by atoms with Crippen LogP contribution in [0.3, 0.4) is 0 Å². The van der Waals surface area contributed by atoms with E-state index in [0.29, 0.717) is 12.4 Å². The van der Waals surface area contributed by atoms with Gasteiger partial charge >= 0.3 is 5.69 Å². The Morgan fingerprint density at radius 2 is 2.10 bits per heavy atom. The SMILES string of the molecule is O=c1nc(NCc2ccccc2)cc(C2C=CC=CC2)[nH]1. The van der Waals surface area contributed by atoms with Crippen molar-refractivity contribution in [3.05, 3.63) is 82.4 Å². The van der Waals surface area contributed by atoms with Gasteiger partial charge in [0.1, 0.15) is 5.82 Å². The quantitative estimate of drug-likeness (QED) is 0.904. The highest BCUT2D eigenvalue weighted by Gasteiger charge is 2.11. The van der Waals surface area contributed by atoms with Crippen LogP contribution in [0.15, 0.2) is 65.5 Å². The van der Waals surface area contributed by atoms with Gasteiger partial charge in [0.15, 0.2) is 0 Å². The molecule has 21 heavy (non-hydrogen) atoms. The third-order valence-electron chi connectivity index (χ3n) is 3.46. The first-order valence-electron chi connectivity index (χ1n) is 7.03. The second kappa shape index (κ2) is 6.22. The Labute approximate surface area is 123 Å². The lowest BCUT2D eigenvalue weighted by Crippen LogP contribution is -2.17. The summed E-state index contributed by atoms with van der Waals surface area (Å²) in [6.45, 7) is 0.650. The minimum Gasteiger partial charge on any atom is -0.366 e. The molecule has 1 aromatic heterocycles. The van der Waals surface area contributed by atoms with Crippen molar-refractivity contribution in [1.82, 2.24) is 9.97 Å². The third kappa shape index (κ3) is 3.48. The van der Waals surface area contributed by atoms with Crippen molar-refractivity contribution in [3.8, 4) is 0 Å². The fourth-order valence-electron chi connectivity index (χ4n) is 2.37. The molecule has 0 amide bonds. The average Bonchev–Trinajstić information content (AvgIpc) is 2.54. The van der Waals surface area contributed by atoms with Crippen LogP contribution in [-0.2, 0) is 6.54 Å². The Morgan fingerprint density at radius 1 is 1.24 bits per heavy atom. The summed E-state index contributed by atoms with van der Waals surface area (Å²) in [4.78, 5) is 18.5. The van der Waals surface area contributed by atoms with Gasteiger partial charge in [0.05, 0.1) is 0 Å². The number of nitrogens with zero attached hydrogens (tertiary/aromatic N) is 1. The summed E-state index contributed by atoms with van der Waals surface area (Å²) in [6, 6.07) is 12.0. The smallest absolute Gasteiger partial charge is 0.347 e. The van der Waals surface area contributed by atoms with Gasteiger partial charge in [-0.25, -0.2) is 4.79 Å². The molecule has 1 unspecified atom stereocenters. The van der Waals surface area contributed by atoms with Gasteiger partial charge in [0.25, 0.3) is 0 Å². The summed E-state index contributed by atoms with van der Waals surface area (Å²) in [6.07, 6.45) is 9.11. The fourth-order valence-corrected chi connectivity index (χ4v) is 2.37. The van der Waals surface area contributed by atoms with Crippen molar-refractivity contribution in [2.75, 3.05) is 5.32 Å². The van der Waals surface area contributed by atoms with Crippen LogP contribution in [0.25, 0.3) is 0 Å². The normalized spacial score (nSPS) is 16.9. The molecule has 0 saturated heterocycles. The zero-order valence-corrected chi connectivity index (χ0v) is 11.6. The first-order valence-corrected chi connectivity index (χ1v) is 7.03. The number of anilines is 1. The Hall–Kier alpha value is -2.62. The number of aromatic nitrogens is 2. The van der Waals surface area contributed by atoms with Crippen LogP contribution >= 0.6 is 0 Å². The van der Waals surface area contributed by atoms with Crippen LogP contribution in [-0.4, -0.2) is 9.97 Å². The predicted octanol–water partition coefficient (Wildman–Crippen LogP) is 2.98. The van der Waals surface area contributed by atoms with E-state index in [1.54, 1.807) is 0 Å². The highest BCUT2D eigenvalue weighted by molar-refractivity contribution is 5.38. The van der Waals surface area contributed by atoms with Gasteiger partial charge < -0.3 is 10.3 Å². The molecule has 0 radical (unpaired) electrons. The molecule has 106 valence electrons. The minimum atomic E-state index is -0.314. The van der Waals surface area contributed by atoms with Gasteiger partial charge in [-0.1, -0.05) is 54.6 Å². The van der Waals surface area contributed by atoms with Crippen LogP contribution in [0, 0.1) is 0 Å². The second-order valence-electron chi connectivity index (χ2n) is 5.02. The van der Waals surface area contributed by atoms with Gasteiger partial charge in [-0.15, -0.1) is 0 Å². The number of nitrogens with one attached hydrogen (secondary N) is 2. The fraction of sp³-hybridized carbons (Fsp3) is 0.176. The molecule has 3 rings (SSSR count). The summed E-state index contributed by atoms with van der Waals surface area (Å²) in [5.41, 5.74) is 1.74. The van der Waals surface area contributed by atoms with E-state index in [1.165, 1.54) is 0 Å². The standard InChI is InChI=1S/C17H17N3O/c21-17-19-15(14-9-5-2-6-10-14)11-16(20-17)18-12-13-7-3-1-4-8-13/h1-9,11,14H,10,12H2,(H2,18,19,20,21). The van der Waals surface area contributed by atoms with E-state index in [2.05, 4.69) is 27.4 Å². The molecule has 2 aromatic rings. The molecule has 2 N–H and O–H groups in total. The van der Waals surface area contributed by atoms with E-state index in [9.17, 15) is 4.79 Å². The summed E-state index contributed by atoms with van der Waals surface area (Å²) in [7, 11) is 0. The van der Waals surface area contributed by atoms with E-state index in [1.807, 2.05) is 48.6 Å². The van der Waals surface area contributed by atoms with E-state index < -0.39 is 0 Å². The molecule has 1 heterocycles. The number of allylic oxidation sites excluding steroid dienone is 4. The van der Waals surface area contributed by atoms with Crippen LogP contribution in [0.2, 0.25) is 0 Å². The van der Waals surface area contributed by atoms with Gasteiger partial charge in [-0.3, -0.25) is 0 Å². The van der Waals surface area contributed by atoms with E-state index in [-0.39, 0.29) is 11.6 Å². The molecule has 1 aliphatic rings. The van der Waals surface area contributed by atoms with Gasteiger partial charge in [-0.2, -0.15) is 4.98 Å². The summed E-state index contributed by atoms with van der Waals surface area (Å²) < 4.78 is 0. The van der Waals surface area contributed by atoms with E-state index >= 15 is 0 Å². The number of H-pyrrole nitrogens is 1. The lowest BCUT2D eigenvalue weighted by atomic mass is 9.97. The monoisotopic (exact) mass is 279 g/mol. The lowest BCUT2D eigenvalue weighted by Gasteiger charge is -2.14. The molecular formula is C17H17N3O. The minimum absolute atomic E-state index is 0.211. The highest BCUT2D eigenvalue weighted by Crippen LogP contribution is 2.23. The maximum Gasteiger partial charge on any atom is 0.347 e. The van der Waals surface area contributed by atoms with Crippen LogP contribution < -0.4 is 11.0 Å². The van der Waals surface area contributed by atoms with Crippen molar-refractivity contribution in [2.24, 2.45) is 0 Å². The largest absolute Gasteiger partial charge is 0.366 e. The molecule has 4 nitrogen and oxygen atoms in total. The molecule has 1 atom stereocenters. The third-order valence-corrected chi connectivity index (χ3v) is 3.46. The Morgan fingerprint density at radius 3 is 2.86 bits per heavy atom. The first kappa shape index (κ1) is 13.4. The number of aromatic amines is 1. The van der Waals surface area contributed by atoms with Gasteiger partial charge in [0, 0.05) is 24.2 Å². The number of hydrogen-bond acceptors (Lipinski definition) is 3. The maximum atomic E-state index is 11.7. The van der Waals surface area contributed by atoms with Gasteiger partial charge in [0.2, 0.25) is 0 Å². The molecule has 0 bridgehead atoms. The molecule has 0 spiro atoms. The summed E-state index contributed by atoms with van der Waals surface area (Å²) >= 11 is 0. The second-order valence-corrected chi connectivity index (χ2v) is 5.02. The average molecular weight is 279 g/mol. The molecule has 0 aliphatic heterocycles. The van der Waals surface area contributed by atoms with Crippen LogP contribution in [0.5, 0.6) is 0 Å². The predicted molar refractivity (Wildman–Crippen MR) is 84.3 cm³/mol. The van der Waals surface area contributed by atoms with Crippen molar-refractivity contribution < 1.29 is 0 Å². The summed E-state index contributed by atoms with van der Waals surface area (Å²) in [5, 5.41) is 3.21. The van der Waals surface area contributed by atoms with Crippen molar-refractivity contribution >= 4 is 5.82 Å². The molecule has 1 aliphatic carbocycles. The lowest BCUT2D eigenvalue weighted by molar-refractivity contribution is 0.797. The van der Waals surface area contributed by atoms with Crippen LogP contribution in [0.1, 0.15) is 23.6 Å². The topological polar surface area (TPSA) is 57.8 Å². The Bertz CT molecular complexity index is 716.